The van der Waals surface area contributed by atoms with Crippen molar-refractivity contribution in [2.45, 2.75) is 6.92 Å². The van der Waals surface area contributed by atoms with Crippen LogP contribution in [0.15, 0.2) is 48.8 Å². The molecule has 4 heteroatoms. The summed E-state index contributed by atoms with van der Waals surface area (Å²) in [7, 11) is 0. The molecule has 0 fully saturated rings. The number of pyridine rings is 1. The zero-order valence-electron chi connectivity index (χ0n) is 11.6. The number of nitrogens with two attached hydrogens (primary N) is 1. The van der Waals surface area contributed by atoms with Crippen LogP contribution in [-0.4, -0.2) is 4.98 Å². The Morgan fingerprint density at radius 3 is 2.76 bits per heavy atom. The first-order valence-corrected chi connectivity index (χ1v) is 6.59. The van der Waals surface area contributed by atoms with Crippen LogP contribution in [-0.2, 0) is 0 Å². The predicted octanol–water partition coefficient (Wildman–Crippen LogP) is 3.74. The maximum atomic E-state index is 9.02. The number of aryl methyl sites for hydroxylation is 1. The van der Waals surface area contributed by atoms with E-state index in [1.807, 2.05) is 43.3 Å². The van der Waals surface area contributed by atoms with Crippen molar-refractivity contribution in [2.75, 3.05) is 11.1 Å². The lowest BCUT2D eigenvalue weighted by atomic mass is 10.1. The van der Waals surface area contributed by atoms with Gasteiger partial charge in [0.25, 0.3) is 0 Å². The summed E-state index contributed by atoms with van der Waals surface area (Å²) in [6, 6.07) is 13.5. The summed E-state index contributed by atoms with van der Waals surface area (Å²) in [6.07, 6.45) is 3.50. The zero-order valence-corrected chi connectivity index (χ0v) is 11.6. The van der Waals surface area contributed by atoms with E-state index in [0.29, 0.717) is 11.3 Å². The van der Waals surface area contributed by atoms with Crippen LogP contribution < -0.4 is 11.1 Å². The Morgan fingerprint density at radius 2 is 1.95 bits per heavy atom. The molecule has 3 rings (SSSR count). The number of hydrogen-bond donors (Lipinski definition) is 2. The summed E-state index contributed by atoms with van der Waals surface area (Å²) < 4.78 is 0. The Morgan fingerprint density at radius 1 is 1.10 bits per heavy atom. The minimum Gasteiger partial charge on any atom is -0.398 e. The lowest BCUT2D eigenvalue weighted by Gasteiger charge is -2.13. The molecule has 0 aliphatic rings. The van der Waals surface area contributed by atoms with Crippen molar-refractivity contribution >= 4 is 27.8 Å². The molecule has 0 atom stereocenters. The smallest absolute Gasteiger partial charge is 0.0992 e. The quantitative estimate of drug-likeness (QED) is 0.698. The van der Waals surface area contributed by atoms with E-state index in [-0.39, 0.29) is 0 Å². The minimum absolute atomic E-state index is 0.629. The molecule has 3 aromatic rings. The van der Waals surface area contributed by atoms with E-state index in [1.165, 1.54) is 0 Å². The molecule has 0 spiro atoms. The van der Waals surface area contributed by atoms with Gasteiger partial charge in [0.05, 0.1) is 11.6 Å². The van der Waals surface area contributed by atoms with Crippen molar-refractivity contribution in [3.63, 3.8) is 0 Å². The molecular weight excluding hydrogens is 260 g/mol. The van der Waals surface area contributed by atoms with Crippen molar-refractivity contribution in [1.29, 1.82) is 5.26 Å². The van der Waals surface area contributed by atoms with Gasteiger partial charge < -0.3 is 11.1 Å². The number of rotatable bonds is 2. The van der Waals surface area contributed by atoms with Gasteiger partial charge in [-0.1, -0.05) is 6.07 Å². The van der Waals surface area contributed by atoms with E-state index in [0.717, 1.165) is 27.7 Å². The molecule has 0 unspecified atom stereocenters. The fourth-order valence-electron chi connectivity index (χ4n) is 2.29. The van der Waals surface area contributed by atoms with Crippen molar-refractivity contribution in [3.8, 4) is 6.07 Å². The van der Waals surface area contributed by atoms with Crippen molar-refractivity contribution in [1.82, 2.24) is 4.98 Å². The number of hydrogen-bond acceptors (Lipinski definition) is 4. The monoisotopic (exact) mass is 274 g/mol. The van der Waals surface area contributed by atoms with Gasteiger partial charge in [0.1, 0.15) is 0 Å². The number of nitrogens with zero attached hydrogens (tertiary/aromatic N) is 2. The second kappa shape index (κ2) is 5.14. The summed E-state index contributed by atoms with van der Waals surface area (Å²) in [5.74, 6) is 0. The average Bonchev–Trinajstić information content (AvgIpc) is 2.52. The van der Waals surface area contributed by atoms with Crippen LogP contribution in [0.2, 0.25) is 0 Å². The summed E-state index contributed by atoms with van der Waals surface area (Å²) >= 11 is 0. The third-order valence-electron chi connectivity index (χ3n) is 3.49. The number of nitrogens with one attached hydrogen (secondary N) is 1. The zero-order chi connectivity index (χ0) is 14.8. The van der Waals surface area contributed by atoms with Crippen LogP contribution in [0.4, 0.5) is 17.1 Å². The molecule has 1 heterocycles. The van der Waals surface area contributed by atoms with E-state index in [9.17, 15) is 0 Å². The van der Waals surface area contributed by atoms with Crippen molar-refractivity contribution < 1.29 is 0 Å². The molecule has 2 aromatic carbocycles. The van der Waals surface area contributed by atoms with Gasteiger partial charge in [0, 0.05) is 40.2 Å². The number of fused-ring (bicyclic) bond motifs is 1. The fourth-order valence-corrected chi connectivity index (χ4v) is 2.29. The molecule has 21 heavy (non-hydrogen) atoms. The van der Waals surface area contributed by atoms with Crippen LogP contribution in [0.25, 0.3) is 10.8 Å². The van der Waals surface area contributed by atoms with Gasteiger partial charge in [-0.2, -0.15) is 5.26 Å². The van der Waals surface area contributed by atoms with E-state index in [4.69, 9.17) is 11.0 Å². The molecule has 0 aliphatic carbocycles. The van der Waals surface area contributed by atoms with Gasteiger partial charge in [-0.3, -0.25) is 4.98 Å². The number of aromatic nitrogens is 1. The van der Waals surface area contributed by atoms with Crippen molar-refractivity contribution in [2.24, 2.45) is 0 Å². The average molecular weight is 274 g/mol. The van der Waals surface area contributed by atoms with Gasteiger partial charge in [-0.05, 0) is 42.8 Å². The summed E-state index contributed by atoms with van der Waals surface area (Å²) in [6.45, 7) is 2.00. The van der Waals surface area contributed by atoms with Crippen LogP contribution in [0.5, 0.6) is 0 Å². The van der Waals surface area contributed by atoms with E-state index >= 15 is 0 Å². The maximum Gasteiger partial charge on any atom is 0.0992 e. The topological polar surface area (TPSA) is 74.7 Å². The third-order valence-corrected chi connectivity index (χ3v) is 3.49. The Bertz CT molecular complexity index is 862. The van der Waals surface area contributed by atoms with Gasteiger partial charge in [-0.15, -0.1) is 0 Å². The first-order chi connectivity index (χ1) is 10.2. The number of benzene rings is 2. The summed E-state index contributed by atoms with van der Waals surface area (Å²) in [5.41, 5.74) is 10.2. The second-order valence-corrected chi connectivity index (χ2v) is 4.89. The third kappa shape index (κ3) is 2.37. The highest BCUT2D eigenvalue weighted by atomic mass is 14.9. The fraction of sp³-hybridized carbons (Fsp3) is 0.0588. The number of nitrogen functional groups attached to an aromatic ring is 1. The van der Waals surface area contributed by atoms with Gasteiger partial charge in [-0.25, -0.2) is 0 Å². The van der Waals surface area contributed by atoms with E-state index < -0.39 is 0 Å². The molecule has 0 saturated heterocycles. The highest BCUT2D eigenvalue weighted by molar-refractivity contribution is 6.01. The maximum absolute atomic E-state index is 9.02. The largest absolute Gasteiger partial charge is 0.398 e. The normalized spacial score (nSPS) is 10.3. The van der Waals surface area contributed by atoms with Gasteiger partial charge in [0.2, 0.25) is 0 Å². The summed E-state index contributed by atoms with van der Waals surface area (Å²) in [5, 5.41) is 14.3. The molecule has 102 valence electrons. The first kappa shape index (κ1) is 12.9. The second-order valence-electron chi connectivity index (χ2n) is 4.89. The number of anilines is 3. The highest BCUT2D eigenvalue weighted by Crippen LogP contribution is 2.31. The predicted molar refractivity (Wildman–Crippen MR) is 85.3 cm³/mol. The molecule has 0 saturated carbocycles. The Kier molecular flexibility index (Phi) is 3.17. The molecule has 0 bridgehead atoms. The Labute approximate surface area is 122 Å². The van der Waals surface area contributed by atoms with E-state index in [2.05, 4.69) is 16.4 Å². The molecule has 0 radical (unpaired) electrons. The highest BCUT2D eigenvalue weighted by Gasteiger charge is 2.06. The van der Waals surface area contributed by atoms with E-state index in [1.54, 1.807) is 12.4 Å². The minimum atomic E-state index is 0.629. The molecule has 1 aromatic heterocycles. The first-order valence-electron chi connectivity index (χ1n) is 6.59. The van der Waals surface area contributed by atoms with Crippen molar-refractivity contribution in [3.05, 3.63) is 59.9 Å². The molecule has 0 amide bonds. The van der Waals surface area contributed by atoms with Gasteiger partial charge in [0.15, 0.2) is 0 Å². The van der Waals surface area contributed by atoms with Crippen LogP contribution in [0.3, 0.4) is 0 Å². The standard InChI is InChI=1S/C17H14N4/c1-11-2-3-12(9-18)8-17(11)21-16-5-4-15(19)14-10-20-7-6-13(14)16/h2-8,10,21H,19H2,1H3. The lowest BCUT2D eigenvalue weighted by Crippen LogP contribution is -1.97. The van der Waals surface area contributed by atoms with Crippen LogP contribution in [0.1, 0.15) is 11.1 Å². The molecule has 0 aliphatic heterocycles. The van der Waals surface area contributed by atoms with Crippen LogP contribution >= 0.6 is 0 Å². The van der Waals surface area contributed by atoms with Crippen LogP contribution in [0, 0.1) is 18.3 Å². The Hall–Kier alpha value is -3.06. The summed E-state index contributed by atoms with van der Waals surface area (Å²) in [4.78, 5) is 4.12. The Balaban J connectivity index is 2.11. The molecule has 4 nitrogen and oxygen atoms in total. The molecule has 3 N–H and O–H groups in total. The van der Waals surface area contributed by atoms with Gasteiger partial charge >= 0.3 is 0 Å². The molecular formula is C17H14N4. The SMILES string of the molecule is Cc1ccc(C#N)cc1Nc1ccc(N)c2cnccc12. The lowest BCUT2D eigenvalue weighted by molar-refractivity contribution is 1.36. The number of nitriles is 1.